The van der Waals surface area contributed by atoms with Crippen molar-refractivity contribution < 1.29 is 4.79 Å². The number of carbonyl (C=O) groups is 1. The van der Waals surface area contributed by atoms with Gasteiger partial charge >= 0.3 is 0 Å². The second kappa shape index (κ2) is 4.74. The van der Waals surface area contributed by atoms with Crippen LogP contribution in [-0.4, -0.2) is 36.5 Å². The molecular formula is C13H24N2O. The van der Waals surface area contributed by atoms with Crippen LogP contribution in [0.3, 0.4) is 0 Å². The van der Waals surface area contributed by atoms with E-state index in [1.54, 1.807) is 0 Å². The SMILES string of the molecule is CC1(C)CCN(C(=O)CCC2CCCN2)C1. The standard InChI is InChI=1S/C13H24N2O/c1-13(2)7-9-15(10-13)12(16)6-5-11-4-3-8-14-11/h11,14H,3-10H2,1-2H3. The zero-order valence-electron chi connectivity index (χ0n) is 10.6. The summed E-state index contributed by atoms with van der Waals surface area (Å²) in [6, 6.07) is 0.597. The van der Waals surface area contributed by atoms with Crippen molar-refractivity contribution in [3.05, 3.63) is 0 Å². The summed E-state index contributed by atoms with van der Waals surface area (Å²) in [5.41, 5.74) is 0.335. The Bertz CT molecular complexity index is 257. The minimum atomic E-state index is 0.335. The molecule has 2 aliphatic heterocycles. The molecule has 0 radical (unpaired) electrons. The maximum absolute atomic E-state index is 12.0. The fourth-order valence-corrected chi connectivity index (χ4v) is 2.78. The predicted molar refractivity (Wildman–Crippen MR) is 65.2 cm³/mol. The van der Waals surface area contributed by atoms with Crippen LogP contribution in [0.2, 0.25) is 0 Å². The first-order chi connectivity index (χ1) is 7.57. The fraction of sp³-hybridized carbons (Fsp3) is 0.923. The molecule has 16 heavy (non-hydrogen) atoms. The molecule has 3 heteroatoms. The second-order valence-electron chi connectivity index (χ2n) is 6.06. The topological polar surface area (TPSA) is 32.3 Å². The molecular weight excluding hydrogens is 200 g/mol. The van der Waals surface area contributed by atoms with Crippen molar-refractivity contribution in [3.63, 3.8) is 0 Å². The Morgan fingerprint density at radius 1 is 1.50 bits per heavy atom. The van der Waals surface area contributed by atoms with Gasteiger partial charge in [-0.2, -0.15) is 0 Å². The summed E-state index contributed by atoms with van der Waals surface area (Å²) in [6.07, 6.45) is 5.43. The summed E-state index contributed by atoms with van der Waals surface area (Å²) in [5.74, 6) is 0.360. The van der Waals surface area contributed by atoms with Crippen molar-refractivity contribution in [3.8, 4) is 0 Å². The van der Waals surface area contributed by atoms with Crippen LogP contribution in [0, 0.1) is 5.41 Å². The largest absolute Gasteiger partial charge is 0.342 e. The molecule has 0 aromatic carbocycles. The molecule has 2 fully saturated rings. The van der Waals surface area contributed by atoms with Gasteiger partial charge in [0.2, 0.25) is 5.91 Å². The van der Waals surface area contributed by atoms with Gasteiger partial charge in [0.25, 0.3) is 0 Å². The first-order valence-electron chi connectivity index (χ1n) is 6.58. The van der Waals surface area contributed by atoms with Gasteiger partial charge in [0, 0.05) is 25.6 Å². The molecule has 1 atom stereocenters. The van der Waals surface area contributed by atoms with Gasteiger partial charge in [-0.25, -0.2) is 0 Å². The first kappa shape index (κ1) is 11.9. The molecule has 2 aliphatic rings. The molecule has 2 heterocycles. The molecule has 0 bridgehead atoms. The molecule has 0 saturated carbocycles. The van der Waals surface area contributed by atoms with E-state index in [2.05, 4.69) is 24.1 Å². The van der Waals surface area contributed by atoms with Crippen molar-refractivity contribution in [2.24, 2.45) is 5.41 Å². The van der Waals surface area contributed by atoms with Crippen LogP contribution in [0.15, 0.2) is 0 Å². The van der Waals surface area contributed by atoms with Gasteiger partial charge < -0.3 is 10.2 Å². The number of hydrogen-bond acceptors (Lipinski definition) is 2. The Labute approximate surface area is 98.6 Å². The van der Waals surface area contributed by atoms with E-state index in [0.717, 1.165) is 38.9 Å². The molecule has 0 aromatic heterocycles. The summed E-state index contributed by atoms with van der Waals surface area (Å²) in [7, 11) is 0. The van der Waals surface area contributed by atoms with E-state index in [4.69, 9.17) is 0 Å². The van der Waals surface area contributed by atoms with Crippen molar-refractivity contribution in [1.29, 1.82) is 0 Å². The maximum Gasteiger partial charge on any atom is 0.222 e. The Morgan fingerprint density at radius 2 is 2.31 bits per heavy atom. The lowest BCUT2D eigenvalue weighted by atomic mass is 9.93. The third-order valence-corrected chi connectivity index (χ3v) is 3.90. The van der Waals surface area contributed by atoms with Crippen LogP contribution in [-0.2, 0) is 4.79 Å². The molecule has 0 aromatic rings. The summed E-state index contributed by atoms with van der Waals surface area (Å²) in [6.45, 7) is 7.54. The number of hydrogen-bond donors (Lipinski definition) is 1. The number of carbonyl (C=O) groups excluding carboxylic acids is 1. The highest BCUT2D eigenvalue weighted by molar-refractivity contribution is 5.76. The van der Waals surface area contributed by atoms with Crippen molar-refractivity contribution in [1.82, 2.24) is 10.2 Å². The highest BCUT2D eigenvalue weighted by atomic mass is 16.2. The minimum Gasteiger partial charge on any atom is -0.342 e. The fourth-order valence-electron chi connectivity index (χ4n) is 2.78. The van der Waals surface area contributed by atoms with Gasteiger partial charge in [-0.15, -0.1) is 0 Å². The zero-order valence-corrected chi connectivity index (χ0v) is 10.6. The molecule has 0 aliphatic carbocycles. The first-order valence-corrected chi connectivity index (χ1v) is 6.58. The summed E-state index contributed by atoms with van der Waals surface area (Å²) in [4.78, 5) is 14.0. The van der Waals surface area contributed by atoms with Crippen LogP contribution in [0.1, 0.15) is 46.0 Å². The second-order valence-corrected chi connectivity index (χ2v) is 6.06. The average Bonchev–Trinajstić information content (AvgIpc) is 2.83. The van der Waals surface area contributed by atoms with Crippen LogP contribution in [0.5, 0.6) is 0 Å². The predicted octanol–water partition coefficient (Wildman–Crippen LogP) is 1.78. The molecule has 92 valence electrons. The Balaban J connectivity index is 1.71. The molecule has 1 N–H and O–H groups in total. The van der Waals surface area contributed by atoms with E-state index in [1.165, 1.54) is 12.8 Å². The lowest BCUT2D eigenvalue weighted by molar-refractivity contribution is -0.130. The Kier molecular flexibility index (Phi) is 3.53. The monoisotopic (exact) mass is 224 g/mol. The smallest absolute Gasteiger partial charge is 0.222 e. The van der Waals surface area contributed by atoms with E-state index in [9.17, 15) is 4.79 Å². The normalized spacial score (nSPS) is 28.6. The van der Waals surface area contributed by atoms with E-state index >= 15 is 0 Å². The third kappa shape index (κ3) is 2.97. The highest BCUT2D eigenvalue weighted by Crippen LogP contribution is 2.29. The number of likely N-dealkylation sites (tertiary alicyclic amines) is 1. The summed E-state index contributed by atoms with van der Waals surface area (Å²) >= 11 is 0. The molecule has 1 amide bonds. The van der Waals surface area contributed by atoms with E-state index < -0.39 is 0 Å². The Hall–Kier alpha value is -0.570. The molecule has 1 unspecified atom stereocenters. The van der Waals surface area contributed by atoms with Crippen molar-refractivity contribution >= 4 is 5.91 Å². The lowest BCUT2D eigenvalue weighted by Gasteiger charge is -2.20. The van der Waals surface area contributed by atoms with Gasteiger partial charge in [0.1, 0.15) is 0 Å². The number of amides is 1. The molecule has 2 saturated heterocycles. The summed E-state index contributed by atoms with van der Waals surface area (Å²) < 4.78 is 0. The maximum atomic E-state index is 12.0. The molecule has 0 spiro atoms. The third-order valence-electron chi connectivity index (χ3n) is 3.90. The number of nitrogens with zero attached hydrogens (tertiary/aromatic N) is 1. The molecule has 2 rings (SSSR count). The van der Waals surface area contributed by atoms with Crippen LogP contribution in [0.25, 0.3) is 0 Å². The average molecular weight is 224 g/mol. The molecule has 3 nitrogen and oxygen atoms in total. The quantitative estimate of drug-likeness (QED) is 0.792. The van der Waals surface area contributed by atoms with Crippen molar-refractivity contribution in [2.75, 3.05) is 19.6 Å². The van der Waals surface area contributed by atoms with Gasteiger partial charge in [-0.05, 0) is 37.6 Å². The zero-order chi connectivity index (χ0) is 11.6. The lowest BCUT2D eigenvalue weighted by Crippen LogP contribution is -2.31. The van der Waals surface area contributed by atoms with Crippen molar-refractivity contribution in [2.45, 2.75) is 52.0 Å². The Morgan fingerprint density at radius 3 is 2.88 bits per heavy atom. The van der Waals surface area contributed by atoms with Crippen LogP contribution < -0.4 is 5.32 Å². The van der Waals surface area contributed by atoms with Crippen LogP contribution >= 0.6 is 0 Å². The minimum absolute atomic E-state index is 0.335. The van der Waals surface area contributed by atoms with E-state index in [0.29, 0.717) is 17.4 Å². The van der Waals surface area contributed by atoms with E-state index in [-0.39, 0.29) is 0 Å². The van der Waals surface area contributed by atoms with Gasteiger partial charge in [0.05, 0.1) is 0 Å². The van der Waals surface area contributed by atoms with Gasteiger partial charge in [-0.3, -0.25) is 4.79 Å². The highest BCUT2D eigenvalue weighted by Gasteiger charge is 2.31. The number of nitrogens with one attached hydrogen (secondary N) is 1. The van der Waals surface area contributed by atoms with Crippen LogP contribution in [0.4, 0.5) is 0 Å². The summed E-state index contributed by atoms with van der Waals surface area (Å²) in [5, 5.41) is 3.45. The van der Waals surface area contributed by atoms with Gasteiger partial charge in [0.15, 0.2) is 0 Å². The number of rotatable bonds is 3. The van der Waals surface area contributed by atoms with Gasteiger partial charge in [-0.1, -0.05) is 13.8 Å². The van der Waals surface area contributed by atoms with E-state index in [1.807, 2.05) is 0 Å².